The van der Waals surface area contributed by atoms with E-state index < -0.39 is 10.0 Å². The Kier molecular flexibility index (Phi) is 1.66. The second kappa shape index (κ2) is 2.43. The Balaban J connectivity index is 2.13. The van der Waals surface area contributed by atoms with Crippen molar-refractivity contribution in [2.24, 2.45) is 0 Å². The van der Waals surface area contributed by atoms with Gasteiger partial charge in [0.15, 0.2) is 0 Å². The second-order valence-electron chi connectivity index (χ2n) is 3.09. The number of hydrogen-bond acceptors (Lipinski definition) is 3. The van der Waals surface area contributed by atoms with Crippen LogP contribution < -0.4 is 5.32 Å². The number of rotatable bonds is 1. The molecule has 2 aliphatic heterocycles. The SMILES string of the molecule is O=S1(=O)CCCN1C1CNC1. The average Bonchev–Trinajstić information content (AvgIpc) is 2.07. The highest BCUT2D eigenvalue weighted by atomic mass is 32.2. The lowest BCUT2D eigenvalue weighted by atomic mass is 10.2. The molecule has 64 valence electrons. The zero-order valence-corrected chi connectivity index (χ0v) is 7.10. The topological polar surface area (TPSA) is 49.4 Å². The smallest absolute Gasteiger partial charge is 0.214 e. The van der Waals surface area contributed by atoms with E-state index in [1.54, 1.807) is 4.31 Å². The predicted octanol–water partition coefficient (Wildman–Crippen LogP) is -1.01. The van der Waals surface area contributed by atoms with Crippen LogP contribution in [0.5, 0.6) is 0 Å². The monoisotopic (exact) mass is 176 g/mol. The van der Waals surface area contributed by atoms with Gasteiger partial charge in [0.2, 0.25) is 10.0 Å². The molecule has 1 N–H and O–H groups in total. The number of nitrogens with zero attached hydrogens (tertiary/aromatic N) is 1. The van der Waals surface area contributed by atoms with Crippen molar-refractivity contribution in [1.82, 2.24) is 9.62 Å². The molecular formula is C6H12N2O2S. The molecule has 0 radical (unpaired) electrons. The molecule has 11 heavy (non-hydrogen) atoms. The van der Waals surface area contributed by atoms with Crippen LogP contribution in [-0.4, -0.2) is 44.2 Å². The van der Waals surface area contributed by atoms with Crippen LogP contribution in [0.3, 0.4) is 0 Å². The van der Waals surface area contributed by atoms with Crippen LogP contribution in [-0.2, 0) is 10.0 Å². The van der Waals surface area contributed by atoms with Crippen LogP contribution in [0.25, 0.3) is 0 Å². The molecule has 0 bridgehead atoms. The summed E-state index contributed by atoms with van der Waals surface area (Å²) in [5, 5.41) is 3.07. The Morgan fingerprint density at radius 3 is 2.45 bits per heavy atom. The predicted molar refractivity (Wildman–Crippen MR) is 41.8 cm³/mol. The first kappa shape index (κ1) is 7.52. The van der Waals surface area contributed by atoms with Crippen LogP contribution in [0.1, 0.15) is 6.42 Å². The Morgan fingerprint density at radius 1 is 1.36 bits per heavy atom. The Hall–Kier alpha value is -0.130. The fraction of sp³-hybridized carbons (Fsp3) is 1.00. The van der Waals surface area contributed by atoms with Crippen molar-refractivity contribution in [1.29, 1.82) is 0 Å². The third kappa shape index (κ3) is 1.17. The highest BCUT2D eigenvalue weighted by Gasteiger charge is 2.36. The van der Waals surface area contributed by atoms with E-state index in [9.17, 15) is 8.42 Å². The summed E-state index contributed by atoms with van der Waals surface area (Å²) in [6.07, 6.45) is 0.804. The van der Waals surface area contributed by atoms with Crippen molar-refractivity contribution in [2.75, 3.05) is 25.4 Å². The van der Waals surface area contributed by atoms with Gasteiger partial charge in [-0.3, -0.25) is 0 Å². The van der Waals surface area contributed by atoms with Gasteiger partial charge in [0.05, 0.1) is 5.75 Å². The maximum absolute atomic E-state index is 11.3. The molecule has 5 heteroatoms. The number of sulfonamides is 1. The highest BCUT2D eigenvalue weighted by molar-refractivity contribution is 7.89. The molecule has 2 aliphatic rings. The molecule has 4 nitrogen and oxygen atoms in total. The Labute approximate surface area is 66.6 Å². The summed E-state index contributed by atoms with van der Waals surface area (Å²) in [7, 11) is -2.85. The third-order valence-electron chi connectivity index (χ3n) is 2.31. The Bertz CT molecular complexity index is 245. The molecule has 2 heterocycles. The summed E-state index contributed by atoms with van der Waals surface area (Å²) in [5.74, 6) is 0.351. The first-order valence-electron chi connectivity index (χ1n) is 3.90. The van der Waals surface area contributed by atoms with E-state index in [1.165, 1.54) is 0 Å². The maximum Gasteiger partial charge on any atom is 0.214 e. The van der Waals surface area contributed by atoms with Gasteiger partial charge in [0, 0.05) is 25.7 Å². The molecule has 2 saturated heterocycles. The van der Waals surface area contributed by atoms with E-state index in [2.05, 4.69) is 5.32 Å². The lowest BCUT2D eigenvalue weighted by molar-refractivity contribution is 0.255. The molecule has 0 unspecified atom stereocenters. The van der Waals surface area contributed by atoms with E-state index in [0.29, 0.717) is 5.75 Å². The van der Waals surface area contributed by atoms with Crippen molar-refractivity contribution in [3.8, 4) is 0 Å². The molecule has 0 amide bonds. The van der Waals surface area contributed by atoms with Gasteiger partial charge in [-0.05, 0) is 6.42 Å². The van der Waals surface area contributed by atoms with E-state index >= 15 is 0 Å². The van der Waals surface area contributed by atoms with E-state index in [4.69, 9.17) is 0 Å². The summed E-state index contributed by atoms with van der Waals surface area (Å²) < 4.78 is 24.2. The summed E-state index contributed by atoms with van der Waals surface area (Å²) in [6, 6.07) is 0.252. The molecular weight excluding hydrogens is 164 g/mol. The van der Waals surface area contributed by atoms with Crippen LogP contribution in [0.15, 0.2) is 0 Å². The summed E-state index contributed by atoms with van der Waals surface area (Å²) >= 11 is 0. The normalized spacial score (nSPS) is 32.0. The minimum absolute atomic E-state index is 0.252. The molecule has 0 aromatic rings. The zero-order chi connectivity index (χ0) is 7.90. The fourth-order valence-electron chi connectivity index (χ4n) is 1.55. The second-order valence-corrected chi connectivity index (χ2v) is 5.13. The van der Waals surface area contributed by atoms with Gasteiger partial charge in [-0.15, -0.1) is 0 Å². The van der Waals surface area contributed by atoms with Crippen LogP contribution in [0, 0.1) is 0 Å². The third-order valence-corrected chi connectivity index (χ3v) is 4.31. The Morgan fingerprint density at radius 2 is 2.09 bits per heavy atom. The van der Waals surface area contributed by atoms with Crippen LogP contribution in [0.2, 0.25) is 0 Å². The van der Waals surface area contributed by atoms with Crippen molar-refractivity contribution in [2.45, 2.75) is 12.5 Å². The average molecular weight is 176 g/mol. The van der Waals surface area contributed by atoms with Gasteiger partial charge >= 0.3 is 0 Å². The van der Waals surface area contributed by atoms with Crippen molar-refractivity contribution in [3.63, 3.8) is 0 Å². The van der Waals surface area contributed by atoms with Crippen LogP contribution >= 0.6 is 0 Å². The largest absolute Gasteiger partial charge is 0.313 e. The number of hydrogen-bond donors (Lipinski definition) is 1. The van der Waals surface area contributed by atoms with E-state index in [0.717, 1.165) is 26.1 Å². The first-order chi connectivity index (χ1) is 5.20. The van der Waals surface area contributed by atoms with Crippen molar-refractivity contribution in [3.05, 3.63) is 0 Å². The van der Waals surface area contributed by atoms with Gasteiger partial charge in [0.25, 0.3) is 0 Å². The summed E-state index contributed by atoms with van der Waals surface area (Å²) in [5.41, 5.74) is 0. The molecule has 0 atom stereocenters. The lowest BCUT2D eigenvalue weighted by Gasteiger charge is -2.34. The minimum atomic E-state index is -2.85. The van der Waals surface area contributed by atoms with Crippen LogP contribution in [0.4, 0.5) is 0 Å². The van der Waals surface area contributed by atoms with Gasteiger partial charge in [-0.2, -0.15) is 4.31 Å². The summed E-state index contributed by atoms with van der Waals surface area (Å²) in [4.78, 5) is 0. The minimum Gasteiger partial charge on any atom is -0.313 e. The van der Waals surface area contributed by atoms with E-state index in [-0.39, 0.29) is 6.04 Å². The van der Waals surface area contributed by atoms with Gasteiger partial charge in [-0.25, -0.2) is 8.42 Å². The quantitative estimate of drug-likeness (QED) is 0.557. The molecule has 0 spiro atoms. The van der Waals surface area contributed by atoms with E-state index in [1.807, 2.05) is 0 Å². The number of nitrogens with one attached hydrogen (secondary N) is 1. The molecule has 2 rings (SSSR count). The van der Waals surface area contributed by atoms with Gasteiger partial charge in [0.1, 0.15) is 0 Å². The van der Waals surface area contributed by atoms with Crippen molar-refractivity contribution >= 4 is 10.0 Å². The fourth-order valence-corrected chi connectivity index (χ4v) is 3.28. The van der Waals surface area contributed by atoms with Crippen molar-refractivity contribution < 1.29 is 8.42 Å². The standard InChI is InChI=1S/C6H12N2O2S/c9-11(10)3-1-2-8(11)6-4-7-5-6/h6-7H,1-5H2. The lowest BCUT2D eigenvalue weighted by Crippen LogP contribution is -2.57. The molecule has 2 fully saturated rings. The maximum atomic E-state index is 11.3. The summed E-state index contributed by atoms with van der Waals surface area (Å²) in [6.45, 7) is 2.40. The first-order valence-corrected chi connectivity index (χ1v) is 5.51. The molecule has 0 saturated carbocycles. The zero-order valence-electron chi connectivity index (χ0n) is 6.28. The highest BCUT2D eigenvalue weighted by Crippen LogP contribution is 2.18. The van der Waals surface area contributed by atoms with Gasteiger partial charge in [-0.1, -0.05) is 0 Å². The van der Waals surface area contributed by atoms with Gasteiger partial charge < -0.3 is 5.32 Å². The molecule has 0 aliphatic carbocycles. The molecule has 0 aromatic heterocycles. The molecule has 0 aromatic carbocycles.